The molecule has 6 nitrogen and oxygen atoms in total. The number of carbonyl (C=O) groups is 2. The summed E-state index contributed by atoms with van der Waals surface area (Å²) in [5.74, 6) is 0.259. The molecule has 7 heteroatoms. The van der Waals surface area contributed by atoms with Gasteiger partial charge in [0.05, 0.1) is 20.3 Å². The fraction of sp³-hybridized carbons (Fsp3) is 0.189. The van der Waals surface area contributed by atoms with Gasteiger partial charge < -0.3 is 19.7 Å². The monoisotopic (exact) mass is 604 g/mol. The Morgan fingerprint density at radius 1 is 0.818 bits per heavy atom. The fourth-order valence-electron chi connectivity index (χ4n) is 5.01. The van der Waals surface area contributed by atoms with Crippen LogP contribution < -0.4 is 15.0 Å². The zero-order valence-electron chi connectivity index (χ0n) is 24.7. The molecular formula is C37H36N2O4S. The first-order valence-corrected chi connectivity index (χ1v) is 15.6. The van der Waals surface area contributed by atoms with E-state index in [-0.39, 0.29) is 5.78 Å². The number of rotatable bonds is 15. The summed E-state index contributed by atoms with van der Waals surface area (Å²) in [7, 11) is 1.37. The van der Waals surface area contributed by atoms with Crippen molar-refractivity contribution >= 4 is 34.5 Å². The van der Waals surface area contributed by atoms with E-state index in [1.54, 1.807) is 29.5 Å². The van der Waals surface area contributed by atoms with Crippen LogP contribution in [0.5, 0.6) is 5.75 Å². The molecule has 0 spiro atoms. The molecule has 1 aromatic heterocycles. The Hall–Kier alpha value is -4.88. The molecule has 1 heterocycles. The van der Waals surface area contributed by atoms with Gasteiger partial charge in [-0.05, 0) is 59.8 Å². The molecule has 0 aliphatic rings. The molecule has 224 valence electrons. The Morgan fingerprint density at radius 3 is 2.23 bits per heavy atom. The van der Waals surface area contributed by atoms with Gasteiger partial charge in [-0.15, -0.1) is 11.3 Å². The number of methoxy groups -OCH3 is 1. The SMILES string of the molecule is COC(=O)[C@H](Cc1ccc(OCCCN(Cc2cccs2)c2ccccc2)cc1)Nc1ccccc1C(=O)c1ccccc1. The summed E-state index contributed by atoms with van der Waals surface area (Å²) in [5.41, 5.74) is 3.81. The zero-order chi connectivity index (χ0) is 30.6. The number of carbonyl (C=O) groups excluding carboxylic acids is 2. The minimum absolute atomic E-state index is 0.114. The number of benzene rings is 4. The van der Waals surface area contributed by atoms with Crippen LogP contribution in [0.15, 0.2) is 127 Å². The average Bonchev–Trinajstić information content (AvgIpc) is 3.60. The van der Waals surface area contributed by atoms with Gasteiger partial charge in [-0.3, -0.25) is 4.79 Å². The van der Waals surface area contributed by atoms with Gasteiger partial charge in [-0.1, -0.05) is 78.9 Å². The summed E-state index contributed by atoms with van der Waals surface area (Å²) >= 11 is 1.77. The van der Waals surface area contributed by atoms with Crippen LogP contribution in [0, 0.1) is 0 Å². The number of para-hydroxylation sites is 2. The molecule has 1 N–H and O–H groups in total. The standard InChI is InChI=1S/C37H36N2O4S/c1-42-37(41)35(38-34-18-9-8-17-33(34)36(40)29-12-4-2-5-13-29)26-28-19-21-31(22-20-28)43-24-11-23-39(27-32-16-10-25-44-32)30-14-6-3-7-15-30/h2-10,12-22,25,35,38H,11,23-24,26-27H2,1H3/t35-/m0/s1. The van der Waals surface area contributed by atoms with Crippen molar-refractivity contribution in [1.82, 2.24) is 0 Å². The lowest BCUT2D eigenvalue weighted by molar-refractivity contribution is -0.141. The predicted octanol–water partition coefficient (Wildman–Crippen LogP) is 7.65. The molecule has 0 aliphatic heterocycles. The molecule has 4 aromatic carbocycles. The highest BCUT2D eigenvalue weighted by Gasteiger charge is 2.22. The normalized spacial score (nSPS) is 11.4. The maximum atomic E-state index is 13.2. The van der Waals surface area contributed by atoms with Crippen molar-refractivity contribution < 1.29 is 19.1 Å². The van der Waals surface area contributed by atoms with Crippen LogP contribution in [0.2, 0.25) is 0 Å². The van der Waals surface area contributed by atoms with Crippen LogP contribution in [0.4, 0.5) is 11.4 Å². The smallest absolute Gasteiger partial charge is 0.328 e. The van der Waals surface area contributed by atoms with Crippen LogP contribution in [-0.2, 0) is 22.5 Å². The van der Waals surface area contributed by atoms with E-state index < -0.39 is 12.0 Å². The van der Waals surface area contributed by atoms with E-state index in [0.29, 0.717) is 29.8 Å². The van der Waals surface area contributed by atoms with E-state index in [4.69, 9.17) is 9.47 Å². The number of ketones is 1. The van der Waals surface area contributed by atoms with Crippen molar-refractivity contribution in [2.24, 2.45) is 0 Å². The van der Waals surface area contributed by atoms with Crippen molar-refractivity contribution in [1.29, 1.82) is 0 Å². The first-order chi connectivity index (χ1) is 21.6. The Labute approximate surface area is 262 Å². The molecule has 0 amide bonds. The summed E-state index contributed by atoms with van der Waals surface area (Å²) in [6.45, 7) is 2.34. The Morgan fingerprint density at radius 2 is 1.52 bits per heavy atom. The van der Waals surface area contributed by atoms with Crippen LogP contribution in [0.3, 0.4) is 0 Å². The quantitative estimate of drug-likeness (QED) is 0.0752. The number of esters is 1. The van der Waals surface area contributed by atoms with Gasteiger partial charge in [0.2, 0.25) is 0 Å². The maximum absolute atomic E-state index is 13.2. The first-order valence-electron chi connectivity index (χ1n) is 14.7. The van der Waals surface area contributed by atoms with Gasteiger partial charge in [0, 0.05) is 40.3 Å². The summed E-state index contributed by atoms with van der Waals surface area (Å²) in [5, 5.41) is 5.37. The van der Waals surface area contributed by atoms with Crippen LogP contribution >= 0.6 is 11.3 Å². The molecule has 0 saturated carbocycles. The van der Waals surface area contributed by atoms with Crippen molar-refractivity contribution in [3.63, 3.8) is 0 Å². The van der Waals surface area contributed by atoms with E-state index in [2.05, 4.69) is 52.0 Å². The van der Waals surface area contributed by atoms with E-state index >= 15 is 0 Å². The Bertz CT molecular complexity index is 1610. The van der Waals surface area contributed by atoms with Gasteiger partial charge in [-0.2, -0.15) is 0 Å². The topological polar surface area (TPSA) is 67.9 Å². The number of anilines is 2. The second-order valence-electron chi connectivity index (χ2n) is 10.3. The third kappa shape index (κ3) is 8.36. The highest BCUT2D eigenvalue weighted by molar-refractivity contribution is 7.09. The molecule has 0 unspecified atom stereocenters. The van der Waals surface area contributed by atoms with Crippen molar-refractivity contribution in [3.8, 4) is 5.75 Å². The summed E-state index contributed by atoms with van der Waals surface area (Å²) in [6, 6.07) is 38.1. The zero-order valence-corrected chi connectivity index (χ0v) is 25.5. The molecule has 0 bridgehead atoms. The molecule has 0 aliphatic carbocycles. The molecule has 0 saturated heterocycles. The highest BCUT2D eigenvalue weighted by Crippen LogP contribution is 2.23. The van der Waals surface area contributed by atoms with Crippen molar-refractivity contribution in [3.05, 3.63) is 148 Å². The molecule has 5 rings (SSSR count). The largest absolute Gasteiger partial charge is 0.494 e. The average molecular weight is 605 g/mol. The van der Waals surface area contributed by atoms with Gasteiger partial charge >= 0.3 is 5.97 Å². The molecule has 0 radical (unpaired) electrons. The highest BCUT2D eigenvalue weighted by atomic mass is 32.1. The predicted molar refractivity (Wildman–Crippen MR) is 178 cm³/mol. The molecule has 1 atom stereocenters. The van der Waals surface area contributed by atoms with Crippen molar-refractivity contribution in [2.45, 2.75) is 25.4 Å². The van der Waals surface area contributed by atoms with E-state index in [1.807, 2.05) is 66.7 Å². The van der Waals surface area contributed by atoms with E-state index in [1.165, 1.54) is 17.7 Å². The minimum Gasteiger partial charge on any atom is -0.494 e. The lowest BCUT2D eigenvalue weighted by Gasteiger charge is -2.24. The van der Waals surface area contributed by atoms with Crippen LogP contribution in [0.25, 0.3) is 0 Å². The lowest BCUT2D eigenvalue weighted by atomic mass is 10.00. The molecule has 0 fully saturated rings. The summed E-state index contributed by atoms with van der Waals surface area (Å²) in [6.07, 6.45) is 1.26. The molecule has 44 heavy (non-hydrogen) atoms. The van der Waals surface area contributed by atoms with E-state index in [0.717, 1.165) is 30.8 Å². The van der Waals surface area contributed by atoms with Crippen LogP contribution in [-0.4, -0.2) is 38.1 Å². The minimum atomic E-state index is -0.677. The summed E-state index contributed by atoms with van der Waals surface area (Å²) in [4.78, 5) is 29.7. The molecular weight excluding hydrogens is 568 g/mol. The maximum Gasteiger partial charge on any atom is 0.328 e. The third-order valence-electron chi connectivity index (χ3n) is 7.28. The second kappa shape index (κ2) is 15.5. The summed E-state index contributed by atoms with van der Waals surface area (Å²) < 4.78 is 11.2. The number of hydrogen-bond acceptors (Lipinski definition) is 7. The number of ether oxygens (including phenoxy) is 2. The lowest BCUT2D eigenvalue weighted by Crippen LogP contribution is -2.33. The van der Waals surface area contributed by atoms with Crippen LogP contribution in [0.1, 0.15) is 32.8 Å². The molecule has 5 aromatic rings. The Balaban J connectivity index is 1.18. The Kier molecular flexibility index (Phi) is 10.8. The van der Waals surface area contributed by atoms with Crippen molar-refractivity contribution in [2.75, 3.05) is 30.5 Å². The van der Waals surface area contributed by atoms with Gasteiger partial charge in [-0.25, -0.2) is 4.79 Å². The van der Waals surface area contributed by atoms with E-state index in [9.17, 15) is 9.59 Å². The second-order valence-corrected chi connectivity index (χ2v) is 11.4. The number of nitrogens with zero attached hydrogens (tertiary/aromatic N) is 1. The van der Waals surface area contributed by atoms with Gasteiger partial charge in [0.1, 0.15) is 11.8 Å². The van der Waals surface area contributed by atoms with Gasteiger partial charge in [0.15, 0.2) is 5.78 Å². The fourth-order valence-corrected chi connectivity index (χ4v) is 5.73. The number of thiophene rings is 1. The first kappa shape index (κ1) is 30.6. The third-order valence-corrected chi connectivity index (χ3v) is 8.14. The number of hydrogen-bond donors (Lipinski definition) is 1. The van der Waals surface area contributed by atoms with Gasteiger partial charge in [0.25, 0.3) is 0 Å². The number of nitrogens with one attached hydrogen (secondary N) is 1.